The van der Waals surface area contributed by atoms with Crippen LogP contribution < -0.4 is 15.7 Å². The molecule has 0 atom stereocenters. The molecule has 0 spiro atoms. The number of aryl methyl sites for hydroxylation is 2. The van der Waals surface area contributed by atoms with E-state index in [1.54, 1.807) is 20.1 Å². The van der Waals surface area contributed by atoms with Gasteiger partial charge in [0.1, 0.15) is 17.1 Å². The fourth-order valence-corrected chi connectivity index (χ4v) is 3.16. The molecule has 6 heteroatoms. The number of ether oxygens (including phenoxy) is 1. The molecule has 0 aliphatic rings. The molecule has 0 aliphatic heterocycles. The Labute approximate surface area is 163 Å². The number of fused-ring (bicyclic) bond motifs is 1. The Morgan fingerprint density at radius 1 is 1.25 bits per heavy atom. The lowest BCUT2D eigenvalue weighted by Crippen LogP contribution is -2.29. The Balaban J connectivity index is 1.71. The van der Waals surface area contributed by atoms with Crippen molar-refractivity contribution in [2.45, 2.75) is 40.2 Å². The SMILES string of the molecule is COc1ccc2[nH]c(CNC(=O)c3c(C)cc(CCC(C)C)oc3=O)cc2c1. The molecule has 0 fully saturated rings. The molecule has 1 aromatic carbocycles. The summed E-state index contributed by atoms with van der Waals surface area (Å²) in [5, 5.41) is 3.79. The topological polar surface area (TPSA) is 84.3 Å². The second-order valence-electron chi connectivity index (χ2n) is 7.42. The molecule has 6 nitrogen and oxygen atoms in total. The average Bonchev–Trinajstić information content (AvgIpc) is 3.06. The quantitative estimate of drug-likeness (QED) is 0.648. The number of benzene rings is 1. The summed E-state index contributed by atoms with van der Waals surface area (Å²) in [6.07, 6.45) is 1.62. The molecule has 0 unspecified atom stereocenters. The van der Waals surface area contributed by atoms with Crippen LogP contribution in [0.25, 0.3) is 10.9 Å². The van der Waals surface area contributed by atoms with Crippen LogP contribution in [0.15, 0.2) is 39.5 Å². The van der Waals surface area contributed by atoms with Crippen molar-refractivity contribution in [2.75, 3.05) is 7.11 Å². The summed E-state index contributed by atoms with van der Waals surface area (Å²) in [5.41, 5.74) is 1.90. The summed E-state index contributed by atoms with van der Waals surface area (Å²) in [6.45, 7) is 6.28. The number of amides is 1. The van der Waals surface area contributed by atoms with Crippen molar-refractivity contribution in [1.29, 1.82) is 0 Å². The van der Waals surface area contributed by atoms with Crippen LogP contribution in [0.3, 0.4) is 0 Å². The number of H-pyrrole nitrogens is 1. The second kappa shape index (κ2) is 8.33. The lowest BCUT2D eigenvalue weighted by molar-refractivity contribution is 0.0945. The molecule has 0 saturated carbocycles. The molecule has 3 aromatic rings. The van der Waals surface area contributed by atoms with Gasteiger partial charge in [-0.25, -0.2) is 4.79 Å². The maximum absolute atomic E-state index is 12.5. The zero-order valence-corrected chi connectivity index (χ0v) is 16.7. The Hall–Kier alpha value is -3.02. The van der Waals surface area contributed by atoms with Crippen LogP contribution in [0.4, 0.5) is 0 Å². The first-order valence-corrected chi connectivity index (χ1v) is 9.45. The van der Waals surface area contributed by atoms with Crippen molar-refractivity contribution < 1.29 is 13.9 Å². The van der Waals surface area contributed by atoms with Crippen LogP contribution >= 0.6 is 0 Å². The highest BCUT2D eigenvalue weighted by Crippen LogP contribution is 2.21. The first-order valence-electron chi connectivity index (χ1n) is 9.45. The number of methoxy groups -OCH3 is 1. The van der Waals surface area contributed by atoms with Crippen LogP contribution in [0.1, 0.15) is 47.6 Å². The predicted octanol–water partition coefficient (Wildman–Crippen LogP) is 3.96. The molecule has 0 radical (unpaired) electrons. The van der Waals surface area contributed by atoms with E-state index in [4.69, 9.17) is 9.15 Å². The van der Waals surface area contributed by atoms with Crippen molar-refractivity contribution >= 4 is 16.8 Å². The van der Waals surface area contributed by atoms with Gasteiger partial charge in [0.05, 0.1) is 13.7 Å². The van der Waals surface area contributed by atoms with Crippen molar-refractivity contribution in [1.82, 2.24) is 10.3 Å². The Kier molecular flexibility index (Phi) is 5.87. The van der Waals surface area contributed by atoms with Crippen molar-refractivity contribution in [3.63, 3.8) is 0 Å². The van der Waals surface area contributed by atoms with Gasteiger partial charge in [-0.3, -0.25) is 4.79 Å². The monoisotopic (exact) mass is 382 g/mol. The average molecular weight is 382 g/mol. The van der Waals surface area contributed by atoms with Gasteiger partial charge in [0.2, 0.25) is 0 Å². The molecular weight excluding hydrogens is 356 g/mol. The summed E-state index contributed by atoms with van der Waals surface area (Å²) in [7, 11) is 1.62. The number of carbonyl (C=O) groups is 1. The lowest BCUT2D eigenvalue weighted by atomic mass is 10.0. The summed E-state index contributed by atoms with van der Waals surface area (Å²) in [5.74, 6) is 1.48. The van der Waals surface area contributed by atoms with E-state index >= 15 is 0 Å². The number of hydrogen-bond donors (Lipinski definition) is 2. The van der Waals surface area contributed by atoms with Crippen LogP contribution in [-0.4, -0.2) is 18.0 Å². The molecule has 3 rings (SSSR count). The second-order valence-corrected chi connectivity index (χ2v) is 7.42. The molecule has 0 aliphatic carbocycles. The van der Waals surface area contributed by atoms with Crippen molar-refractivity contribution in [2.24, 2.45) is 5.92 Å². The smallest absolute Gasteiger partial charge is 0.349 e. The van der Waals surface area contributed by atoms with E-state index in [1.165, 1.54) is 0 Å². The number of rotatable bonds is 7. The van der Waals surface area contributed by atoms with Gasteiger partial charge in [0, 0.05) is 23.0 Å². The summed E-state index contributed by atoms with van der Waals surface area (Å²) >= 11 is 0. The predicted molar refractivity (Wildman–Crippen MR) is 109 cm³/mol. The van der Waals surface area contributed by atoms with Gasteiger partial charge < -0.3 is 19.5 Å². The summed E-state index contributed by atoms with van der Waals surface area (Å²) in [6, 6.07) is 9.45. The minimum absolute atomic E-state index is 0.0612. The minimum Gasteiger partial charge on any atom is -0.497 e. The third-order valence-electron chi connectivity index (χ3n) is 4.72. The molecular formula is C22H26N2O4. The van der Waals surface area contributed by atoms with E-state index in [1.807, 2.05) is 24.3 Å². The maximum atomic E-state index is 12.5. The van der Waals surface area contributed by atoms with Gasteiger partial charge in [0.25, 0.3) is 5.91 Å². The van der Waals surface area contributed by atoms with E-state index in [2.05, 4.69) is 24.1 Å². The number of hydrogen-bond acceptors (Lipinski definition) is 4. The maximum Gasteiger partial charge on any atom is 0.349 e. The van der Waals surface area contributed by atoms with Crippen LogP contribution in [0, 0.1) is 12.8 Å². The Morgan fingerprint density at radius 2 is 2.04 bits per heavy atom. The fourth-order valence-electron chi connectivity index (χ4n) is 3.16. The summed E-state index contributed by atoms with van der Waals surface area (Å²) in [4.78, 5) is 28.1. The van der Waals surface area contributed by atoms with Crippen LogP contribution in [0.5, 0.6) is 5.75 Å². The van der Waals surface area contributed by atoms with Crippen LogP contribution in [0.2, 0.25) is 0 Å². The zero-order chi connectivity index (χ0) is 20.3. The number of nitrogens with one attached hydrogen (secondary N) is 2. The first kappa shape index (κ1) is 19.7. The molecule has 0 saturated heterocycles. The first-order chi connectivity index (χ1) is 13.4. The molecule has 28 heavy (non-hydrogen) atoms. The molecule has 2 aromatic heterocycles. The van der Waals surface area contributed by atoms with E-state index < -0.39 is 11.5 Å². The molecule has 0 bridgehead atoms. The van der Waals surface area contributed by atoms with Gasteiger partial charge in [-0.05, 0) is 55.2 Å². The van der Waals surface area contributed by atoms with E-state index in [0.29, 0.717) is 23.7 Å². The van der Waals surface area contributed by atoms with E-state index in [-0.39, 0.29) is 12.1 Å². The molecule has 2 heterocycles. The van der Waals surface area contributed by atoms with E-state index in [9.17, 15) is 9.59 Å². The van der Waals surface area contributed by atoms with Gasteiger partial charge in [-0.15, -0.1) is 0 Å². The van der Waals surface area contributed by atoms with Crippen LogP contribution in [-0.2, 0) is 13.0 Å². The van der Waals surface area contributed by atoms with Gasteiger partial charge in [0.15, 0.2) is 0 Å². The minimum atomic E-state index is -0.586. The highest BCUT2D eigenvalue weighted by molar-refractivity contribution is 5.95. The Morgan fingerprint density at radius 3 is 2.71 bits per heavy atom. The number of carbonyl (C=O) groups excluding carboxylic acids is 1. The van der Waals surface area contributed by atoms with Gasteiger partial charge >= 0.3 is 5.63 Å². The number of aromatic nitrogens is 1. The highest BCUT2D eigenvalue weighted by Gasteiger charge is 2.17. The Bertz CT molecular complexity index is 1050. The lowest BCUT2D eigenvalue weighted by Gasteiger charge is -2.08. The van der Waals surface area contributed by atoms with Crippen molar-refractivity contribution in [3.05, 3.63) is 63.3 Å². The molecule has 2 N–H and O–H groups in total. The molecule has 1 amide bonds. The van der Waals surface area contributed by atoms with Gasteiger partial charge in [-0.1, -0.05) is 13.8 Å². The normalized spacial score (nSPS) is 11.2. The molecule has 148 valence electrons. The fraction of sp³-hybridized carbons (Fsp3) is 0.364. The largest absolute Gasteiger partial charge is 0.497 e. The summed E-state index contributed by atoms with van der Waals surface area (Å²) < 4.78 is 10.6. The third-order valence-corrected chi connectivity index (χ3v) is 4.72. The van der Waals surface area contributed by atoms with Crippen molar-refractivity contribution in [3.8, 4) is 5.75 Å². The number of aromatic amines is 1. The third kappa shape index (κ3) is 4.44. The zero-order valence-electron chi connectivity index (χ0n) is 16.7. The van der Waals surface area contributed by atoms with E-state index in [0.717, 1.165) is 28.8 Å². The standard InChI is InChI=1S/C22H26N2O4/c1-13(2)5-6-18-9-14(3)20(22(26)28-18)21(25)23-12-16-10-15-11-17(27-4)7-8-19(15)24-16/h7-11,13,24H,5-6,12H2,1-4H3,(H,23,25). The highest BCUT2D eigenvalue weighted by atomic mass is 16.5. The van der Waals surface area contributed by atoms with Gasteiger partial charge in [-0.2, -0.15) is 0 Å².